The molecule has 2 aromatic rings. The molecule has 0 unspecified atom stereocenters. The maximum absolute atomic E-state index is 13.0. The van der Waals surface area contributed by atoms with Crippen molar-refractivity contribution in [2.45, 2.75) is 37.5 Å². The van der Waals surface area contributed by atoms with Crippen LogP contribution in [0.1, 0.15) is 40.2 Å². The van der Waals surface area contributed by atoms with Gasteiger partial charge in [0.05, 0.1) is 6.04 Å². The molecule has 0 fully saturated rings. The average Bonchev–Trinajstić information content (AvgIpc) is 3.22. The van der Waals surface area contributed by atoms with Crippen molar-refractivity contribution in [3.05, 3.63) is 44.0 Å². The molecule has 23 heavy (non-hydrogen) atoms. The molecule has 1 amide bonds. The highest BCUT2D eigenvalue weighted by Crippen LogP contribution is 2.35. The predicted octanol–water partition coefficient (Wildman–Crippen LogP) is 2.56. The second kappa shape index (κ2) is 5.79. The topological polar surface area (TPSA) is 55.2 Å². The zero-order valence-electron chi connectivity index (χ0n) is 12.8. The van der Waals surface area contributed by atoms with E-state index in [9.17, 15) is 9.59 Å². The largest absolute Gasteiger partial charge is 0.331 e. The third-order valence-corrected chi connectivity index (χ3v) is 6.50. The third kappa shape index (κ3) is 2.33. The molecule has 1 atom stereocenters. The van der Waals surface area contributed by atoms with Gasteiger partial charge in [-0.3, -0.25) is 14.2 Å². The van der Waals surface area contributed by atoms with Crippen LogP contribution in [-0.2, 0) is 13.0 Å². The summed E-state index contributed by atoms with van der Waals surface area (Å²) in [6.07, 6.45) is 3.18. The number of aromatic nitrogens is 2. The number of fused-ring (bicyclic) bond motifs is 2. The van der Waals surface area contributed by atoms with Crippen LogP contribution < -0.4 is 5.56 Å². The maximum atomic E-state index is 13.0. The molecule has 2 aromatic heterocycles. The first kappa shape index (κ1) is 15.0. The molecule has 0 N–H and O–H groups in total. The third-order valence-electron chi connectivity index (χ3n) is 4.53. The van der Waals surface area contributed by atoms with Crippen molar-refractivity contribution in [1.82, 2.24) is 14.5 Å². The Morgan fingerprint density at radius 2 is 2.30 bits per heavy atom. The molecule has 0 aromatic carbocycles. The minimum Gasteiger partial charge on any atom is -0.331 e. The Bertz CT molecular complexity index is 827. The van der Waals surface area contributed by atoms with Crippen LogP contribution in [-0.4, -0.2) is 32.7 Å². The molecule has 7 heteroatoms. The summed E-state index contributed by atoms with van der Waals surface area (Å²) in [6.45, 7) is 3.39. The van der Waals surface area contributed by atoms with E-state index in [1.807, 2.05) is 4.90 Å². The van der Waals surface area contributed by atoms with Gasteiger partial charge in [-0.25, -0.2) is 4.98 Å². The quantitative estimate of drug-likeness (QED) is 0.784. The summed E-state index contributed by atoms with van der Waals surface area (Å²) in [5.74, 6) is 0.665. The van der Waals surface area contributed by atoms with Gasteiger partial charge in [0, 0.05) is 29.9 Å². The summed E-state index contributed by atoms with van der Waals surface area (Å²) in [5, 5.41) is 2.81. The van der Waals surface area contributed by atoms with Gasteiger partial charge in [-0.1, -0.05) is 18.7 Å². The summed E-state index contributed by atoms with van der Waals surface area (Å²) in [6, 6.07) is 2.17. The molecule has 2 aliphatic rings. The van der Waals surface area contributed by atoms with Crippen molar-refractivity contribution >= 4 is 29.0 Å². The normalized spacial score (nSPS) is 19.5. The lowest BCUT2D eigenvalue weighted by Gasteiger charge is -2.35. The van der Waals surface area contributed by atoms with Crippen LogP contribution in [0.4, 0.5) is 0 Å². The zero-order chi connectivity index (χ0) is 16.0. The van der Waals surface area contributed by atoms with Crippen molar-refractivity contribution in [1.29, 1.82) is 0 Å². The molecule has 5 nitrogen and oxygen atoms in total. The van der Waals surface area contributed by atoms with E-state index in [-0.39, 0.29) is 23.1 Å². The van der Waals surface area contributed by atoms with Crippen molar-refractivity contribution in [3.63, 3.8) is 0 Å². The first-order valence-corrected chi connectivity index (χ1v) is 9.67. The first-order chi connectivity index (χ1) is 11.2. The Labute approximate surface area is 142 Å². The fraction of sp³-hybridized carbons (Fsp3) is 0.438. The standard InChI is InChI=1S/C16H17N3O2S2/c1-2-12-10-4-7-22-13(10)3-5-18(12)14(20)11-9-17-16-19(15(11)21)6-8-23-16/h4,7,9,12H,2-3,5-6,8H2,1H3/t12-/m0/s1. The molecular formula is C16H17N3O2S2. The molecule has 4 heterocycles. The number of thioether (sulfide) groups is 1. The predicted molar refractivity (Wildman–Crippen MR) is 91.3 cm³/mol. The van der Waals surface area contributed by atoms with Crippen molar-refractivity contribution in [2.24, 2.45) is 0 Å². The van der Waals surface area contributed by atoms with Gasteiger partial charge in [-0.2, -0.15) is 0 Å². The maximum Gasteiger partial charge on any atom is 0.267 e. The number of hydrogen-bond acceptors (Lipinski definition) is 5. The van der Waals surface area contributed by atoms with E-state index in [4.69, 9.17) is 0 Å². The van der Waals surface area contributed by atoms with E-state index < -0.39 is 0 Å². The molecule has 0 aliphatic carbocycles. The summed E-state index contributed by atoms with van der Waals surface area (Å²) < 4.78 is 1.62. The fourth-order valence-electron chi connectivity index (χ4n) is 3.40. The lowest BCUT2D eigenvalue weighted by molar-refractivity contribution is 0.0654. The van der Waals surface area contributed by atoms with E-state index >= 15 is 0 Å². The van der Waals surface area contributed by atoms with Gasteiger partial charge in [0.15, 0.2) is 5.16 Å². The van der Waals surface area contributed by atoms with Gasteiger partial charge >= 0.3 is 0 Å². The van der Waals surface area contributed by atoms with Gasteiger partial charge < -0.3 is 4.90 Å². The molecule has 0 radical (unpaired) electrons. The number of amides is 1. The van der Waals surface area contributed by atoms with E-state index in [1.165, 1.54) is 16.6 Å². The number of rotatable bonds is 2. The van der Waals surface area contributed by atoms with E-state index in [1.54, 1.807) is 27.7 Å². The Morgan fingerprint density at radius 3 is 3.13 bits per heavy atom. The number of hydrogen-bond donors (Lipinski definition) is 0. The smallest absolute Gasteiger partial charge is 0.267 e. The van der Waals surface area contributed by atoms with Crippen molar-refractivity contribution < 1.29 is 4.79 Å². The van der Waals surface area contributed by atoms with Gasteiger partial charge in [0.25, 0.3) is 11.5 Å². The molecule has 4 rings (SSSR count). The van der Waals surface area contributed by atoms with Crippen LogP contribution in [0.25, 0.3) is 0 Å². The van der Waals surface area contributed by atoms with E-state index in [0.717, 1.165) is 23.8 Å². The summed E-state index contributed by atoms with van der Waals surface area (Å²) >= 11 is 3.32. The van der Waals surface area contributed by atoms with Crippen LogP contribution in [0.2, 0.25) is 0 Å². The van der Waals surface area contributed by atoms with E-state index in [0.29, 0.717) is 13.1 Å². The molecule has 120 valence electrons. The Balaban J connectivity index is 1.71. The highest BCUT2D eigenvalue weighted by atomic mass is 32.2. The highest BCUT2D eigenvalue weighted by Gasteiger charge is 2.32. The van der Waals surface area contributed by atoms with Gasteiger partial charge in [-0.15, -0.1) is 11.3 Å². The first-order valence-electron chi connectivity index (χ1n) is 7.80. The fourth-order valence-corrected chi connectivity index (χ4v) is 5.24. The summed E-state index contributed by atoms with van der Waals surface area (Å²) in [5.41, 5.74) is 1.24. The van der Waals surface area contributed by atoms with Crippen molar-refractivity contribution in [3.8, 4) is 0 Å². The number of thiophene rings is 1. The summed E-state index contributed by atoms with van der Waals surface area (Å²) in [7, 11) is 0. The van der Waals surface area contributed by atoms with Crippen LogP contribution in [0, 0.1) is 0 Å². The minimum absolute atomic E-state index is 0.0597. The molecule has 2 aliphatic heterocycles. The van der Waals surface area contributed by atoms with Gasteiger partial charge in [0.2, 0.25) is 0 Å². The summed E-state index contributed by atoms with van der Waals surface area (Å²) in [4.78, 5) is 33.1. The van der Waals surface area contributed by atoms with Crippen LogP contribution in [0.3, 0.4) is 0 Å². The van der Waals surface area contributed by atoms with Crippen LogP contribution >= 0.6 is 23.1 Å². The molecule has 0 spiro atoms. The van der Waals surface area contributed by atoms with Crippen molar-refractivity contribution in [2.75, 3.05) is 12.3 Å². The van der Waals surface area contributed by atoms with Gasteiger partial charge in [-0.05, 0) is 29.9 Å². The Morgan fingerprint density at radius 1 is 1.43 bits per heavy atom. The SMILES string of the molecule is CC[C@H]1c2ccsc2CCN1C(=O)c1cnc2n(c1=O)CCS2. The molecular weight excluding hydrogens is 330 g/mol. The Hall–Kier alpha value is -1.60. The minimum atomic E-state index is -0.198. The monoisotopic (exact) mass is 347 g/mol. The lowest BCUT2D eigenvalue weighted by Crippen LogP contribution is -2.42. The molecule has 0 bridgehead atoms. The van der Waals surface area contributed by atoms with E-state index in [2.05, 4.69) is 23.4 Å². The second-order valence-corrected chi connectivity index (χ2v) is 7.79. The number of carbonyl (C=O) groups excluding carboxylic acids is 1. The van der Waals surface area contributed by atoms with Crippen LogP contribution in [0.15, 0.2) is 27.6 Å². The van der Waals surface area contributed by atoms with Gasteiger partial charge in [0.1, 0.15) is 5.56 Å². The number of nitrogens with zero attached hydrogens (tertiary/aromatic N) is 3. The highest BCUT2D eigenvalue weighted by molar-refractivity contribution is 7.99. The average molecular weight is 347 g/mol. The van der Waals surface area contributed by atoms with Crippen LogP contribution in [0.5, 0.6) is 0 Å². The lowest BCUT2D eigenvalue weighted by atomic mass is 9.97. The molecule has 0 saturated carbocycles. The second-order valence-electron chi connectivity index (χ2n) is 5.73. The zero-order valence-corrected chi connectivity index (χ0v) is 14.5. The number of carbonyl (C=O) groups is 1. The molecule has 0 saturated heterocycles. The Kier molecular flexibility index (Phi) is 3.77.